The Kier molecular flexibility index (Phi) is 4.81. The molecule has 0 saturated heterocycles. The van der Waals surface area contributed by atoms with Crippen molar-refractivity contribution in [1.82, 2.24) is 24.0 Å². The zero-order chi connectivity index (χ0) is 23.1. The molecule has 0 radical (unpaired) electrons. The highest BCUT2D eigenvalue weighted by Crippen LogP contribution is 2.27. The number of carbonyl (C=O) groups is 1. The highest BCUT2D eigenvalue weighted by molar-refractivity contribution is 7.15. The molecule has 1 N–H and O–H groups in total. The molecule has 8 nitrogen and oxygen atoms in total. The maximum atomic E-state index is 12.9. The molecule has 2 aromatic carbocycles. The zero-order valence-corrected chi connectivity index (χ0v) is 18.9. The summed E-state index contributed by atoms with van der Waals surface area (Å²) in [5.74, 6) is 0.739. The fraction of sp³-hybridized carbons (Fsp3) is 0.0400. The normalized spacial score (nSPS) is 11.2. The lowest BCUT2D eigenvalue weighted by atomic mass is 10.2. The number of fused-ring (bicyclic) bond motifs is 2. The molecule has 34 heavy (non-hydrogen) atoms. The first-order valence-corrected chi connectivity index (χ1v) is 11.4. The molecule has 9 heteroatoms. The number of thiazole rings is 1. The molecule has 6 aromatic rings. The van der Waals surface area contributed by atoms with E-state index in [1.807, 2.05) is 76.8 Å². The van der Waals surface area contributed by atoms with Gasteiger partial charge in [-0.25, -0.2) is 9.50 Å². The van der Waals surface area contributed by atoms with E-state index in [-0.39, 0.29) is 11.9 Å². The maximum absolute atomic E-state index is 12.9. The van der Waals surface area contributed by atoms with Crippen LogP contribution in [0.25, 0.3) is 33.1 Å². The number of nitrogens with one attached hydrogen (secondary N) is 1. The van der Waals surface area contributed by atoms with E-state index in [0.717, 1.165) is 28.3 Å². The summed E-state index contributed by atoms with van der Waals surface area (Å²) in [7, 11) is 1.64. The average molecular weight is 467 g/mol. The zero-order valence-electron chi connectivity index (χ0n) is 18.0. The molecule has 0 aliphatic heterocycles. The highest BCUT2D eigenvalue weighted by atomic mass is 32.1. The van der Waals surface area contributed by atoms with Crippen LogP contribution >= 0.6 is 11.3 Å². The second-order valence-corrected chi connectivity index (χ2v) is 8.44. The first-order valence-electron chi connectivity index (χ1n) is 10.5. The van der Waals surface area contributed by atoms with Gasteiger partial charge in [0.1, 0.15) is 11.4 Å². The van der Waals surface area contributed by atoms with Crippen molar-refractivity contribution in [2.75, 3.05) is 12.4 Å². The summed E-state index contributed by atoms with van der Waals surface area (Å²) in [6, 6.07) is 21.1. The van der Waals surface area contributed by atoms with E-state index < -0.39 is 0 Å². The van der Waals surface area contributed by atoms with Crippen LogP contribution < -0.4 is 10.1 Å². The Balaban J connectivity index is 1.26. The predicted octanol–water partition coefficient (Wildman–Crippen LogP) is 5.03. The van der Waals surface area contributed by atoms with E-state index >= 15 is 0 Å². The number of imidazole rings is 1. The number of hydrogen-bond acceptors (Lipinski definition) is 6. The average Bonchev–Trinajstić information content (AvgIpc) is 3.58. The van der Waals surface area contributed by atoms with Crippen LogP contribution in [0.15, 0.2) is 84.5 Å². The summed E-state index contributed by atoms with van der Waals surface area (Å²) >= 11 is 1.46. The van der Waals surface area contributed by atoms with Crippen LogP contribution in [0.5, 0.6) is 5.75 Å². The minimum atomic E-state index is -0.295. The minimum absolute atomic E-state index is 0.250. The molecule has 1 amide bonds. The highest BCUT2D eigenvalue weighted by Gasteiger charge is 2.15. The van der Waals surface area contributed by atoms with Crippen molar-refractivity contribution in [3.8, 4) is 28.3 Å². The third kappa shape index (κ3) is 3.57. The predicted molar refractivity (Wildman–Crippen MR) is 131 cm³/mol. The molecule has 4 heterocycles. The molecule has 0 aliphatic carbocycles. The van der Waals surface area contributed by atoms with Gasteiger partial charge >= 0.3 is 0 Å². The smallest absolute Gasteiger partial charge is 0.258 e. The fourth-order valence-corrected chi connectivity index (χ4v) is 4.57. The first-order chi connectivity index (χ1) is 16.7. The minimum Gasteiger partial charge on any atom is -0.497 e. The number of anilines is 1. The van der Waals surface area contributed by atoms with Gasteiger partial charge in [-0.1, -0.05) is 30.3 Å². The fourth-order valence-electron chi connectivity index (χ4n) is 3.74. The van der Waals surface area contributed by atoms with Crippen LogP contribution in [-0.2, 0) is 0 Å². The molecular formula is C25H18N6O2S. The number of ether oxygens (including phenoxy) is 1. The van der Waals surface area contributed by atoms with E-state index in [2.05, 4.69) is 20.4 Å². The summed E-state index contributed by atoms with van der Waals surface area (Å²) in [5, 5.41) is 9.28. The summed E-state index contributed by atoms with van der Waals surface area (Å²) in [4.78, 5) is 22.7. The third-order valence-corrected chi connectivity index (χ3v) is 6.30. The molecule has 0 bridgehead atoms. The monoisotopic (exact) mass is 466 g/mol. The summed E-state index contributed by atoms with van der Waals surface area (Å²) in [6.45, 7) is 0. The maximum Gasteiger partial charge on any atom is 0.258 e. The van der Waals surface area contributed by atoms with Crippen molar-refractivity contribution in [3.05, 3.63) is 90.1 Å². The second-order valence-electron chi connectivity index (χ2n) is 7.61. The molecule has 0 aliphatic rings. The number of carbonyl (C=O) groups excluding carboxylic acids is 1. The van der Waals surface area contributed by atoms with E-state index in [4.69, 9.17) is 4.74 Å². The van der Waals surface area contributed by atoms with Gasteiger partial charge in [-0.15, -0.1) is 16.4 Å². The number of benzene rings is 2. The molecule has 0 fully saturated rings. The van der Waals surface area contributed by atoms with Gasteiger partial charge in [0.05, 0.1) is 18.5 Å². The lowest BCUT2D eigenvalue weighted by molar-refractivity contribution is 0.102. The Bertz CT molecular complexity index is 1630. The van der Waals surface area contributed by atoms with Gasteiger partial charge in [-0.3, -0.25) is 10.1 Å². The number of aromatic nitrogens is 5. The molecule has 166 valence electrons. The van der Waals surface area contributed by atoms with Gasteiger partial charge in [0.2, 0.25) is 4.96 Å². The van der Waals surface area contributed by atoms with E-state index in [0.29, 0.717) is 16.2 Å². The van der Waals surface area contributed by atoms with Crippen molar-refractivity contribution >= 4 is 33.8 Å². The lowest BCUT2D eigenvalue weighted by Gasteiger charge is -2.02. The Labute approximate surface area is 198 Å². The number of hydrogen-bond donors (Lipinski definition) is 1. The number of amides is 1. The van der Waals surface area contributed by atoms with Crippen LogP contribution in [0.4, 0.5) is 5.95 Å². The number of rotatable bonds is 5. The number of methoxy groups -OCH3 is 1. The molecular weight excluding hydrogens is 448 g/mol. The van der Waals surface area contributed by atoms with Gasteiger partial charge in [0, 0.05) is 34.5 Å². The van der Waals surface area contributed by atoms with Gasteiger partial charge in [-0.05, 0) is 36.4 Å². The Morgan fingerprint density at radius 1 is 1.00 bits per heavy atom. The third-order valence-electron chi connectivity index (χ3n) is 5.48. The SMILES string of the molecule is COc1ccc(-c2csc3nc(NC(=O)c4ccn5cc(-c6ccccc6)nc5c4)nn23)cc1. The molecule has 0 saturated carbocycles. The van der Waals surface area contributed by atoms with Crippen LogP contribution in [0.3, 0.4) is 0 Å². The summed E-state index contributed by atoms with van der Waals surface area (Å²) < 4.78 is 8.85. The molecule has 0 spiro atoms. The van der Waals surface area contributed by atoms with Crippen LogP contribution in [0, 0.1) is 0 Å². The van der Waals surface area contributed by atoms with Crippen LogP contribution in [-0.4, -0.2) is 37.0 Å². The Morgan fingerprint density at radius 3 is 2.62 bits per heavy atom. The lowest BCUT2D eigenvalue weighted by Crippen LogP contribution is -2.13. The van der Waals surface area contributed by atoms with Crippen molar-refractivity contribution in [2.45, 2.75) is 0 Å². The first kappa shape index (κ1) is 20.1. The summed E-state index contributed by atoms with van der Waals surface area (Å²) in [5.41, 5.74) is 4.90. The standard InChI is InChI=1S/C25H18N6O2S/c1-33-19-9-7-17(8-10-19)21-15-34-25-28-24(29-31(21)25)27-23(32)18-11-12-30-14-20(26-22(30)13-18)16-5-3-2-4-6-16/h2-15H,1H3,(H,27,29,32). The van der Waals surface area contributed by atoms with Crippen molar-refractivity contribution < 1.29 is 9.53 Å². The van der Waals surface area contributed by atoms with Crippen LogP contribution in [0.1, 0.15) is 10.4 Å². The second kappa shape index (κ2) is 8.13. The topological polar surface area (TPSA) is 85.8 Å². The summed E-state index contributed by atoms with van der Waals surface area (Å²) in [6.07, 6.45) is 3.77. The molecule has 0 unspecified atom stereocenters. The van der Waals surface area contributed by atoms with E-state index in [1.165, 1.54) is 11.3 Å². The number of pyridine rings is 1. The van der Waals surface area contributed by atoms with Crippen molar-refractivity contribution in [3.63, 3.8) is 0 Å². The van der Waals surface area contributed by atoms with Gasteiger partial charge in [-0.2, -0.15) is 4.98 Å². The largest absolute Gasteiger partial charge is 0.497 e. The van der Waals surface area contributed by atoms with Gasteiger partial charge in [0.25, 0.3) is 11.9 Å². The van der Waals surface area contributed by atoms with Gasteiger partial charge in [0.15, 0.2) is 0 Å². The number of nitrogens with zero attached hydrogens (tertiary/aromatic N) is 5. The Morgan fingerprint density at radius 2 is 1.82 bits per heavy atom. The van der Waals surface area contributed by atoms with E-state index in [1.54, 1.807) is 23.8 Å². The van der Waals surface area contributed by atoms with Gasteiger partial charge < -0.3 is 9.14 Å². The van der Waals surface area contributed by atoms with Crippen molar-refractivity contribution in [1.29, 1.82) is 0 Å². The Hall–Kier alpha value is -4.50. The molecule has 0 atom stereocenters. The van der Waals surface area contributed by atoms with Crippen LogP contribution in [0.2, 0.25) is 0 Å². The van der Waals surface area contributed by atoms with Crippen molar-refractivity contribution in [2.24, 2.45) is 0 Å². The quantitative estimate of drug-likeness (QED) is 0.385. The molecule has 6 rings (SSSR count). The van der Waals surface area contributed by atoms with E-state index in [9.17, 15) is 4.79 Å². The molecule has 4 aromatic heterocycles.